The number of thiol groups is 1. The van der Waals surface area contributed by atoms with Gasteiger partial charge in [-0.25, -0.2) is 10.4 Å². The topological polar surface area (TPSA) is 38.7 Å². The molecule has 5 heteroatoms. The highest BCUT2D eigenvalue weighted by atomic mass is 32.1. The lowest BCUT2D eigenvalue weighted by molar-refractivity contribution is 0.116. The molecule has 0 aromatic rings. The first-order valence-corrected chi connectivity index (χ1v) is 4.22. The van der Waals surface area contributed by atoms with Crippen LogP contribution in [0.25, 0.3) is 0 Å². The van der Waals surface area contributed by atoms with Gasteiger partial charge in [-0.1, -0.05) is 0 Å². The van der Waals surface area contributed by atoms with Gasteiger partial charge in [0.15, 0.2) is 0 Å². The molecule has 11 heavy (non-hydrogen) atoms. The summed E-state index contributed by atoms with van der Waals surface area (Å²) in [5, 5.41) is 10.7. The average Bonchev–Trinajstić information content (AvgIpc) is 2.19. The van der Waals surface area contributed by atoms with Crippen molar-refractivity contribution in [1.82, 2.24) is 15.3 Å². The molecule has 0 saturated carbocycles. The van der Waals surface area contributed by atoms with E-state index in [-0.39, 0.29) is 12.1 Å². The third-order valence-electron chi connectivity index (χ3n) is 2.05. The summed E-state index contributed by atoms with van der Waals surface area (Å²) >= 11 is 4.29. The second kappa shape index (κ2) is 3.73. The number of aliphatic hydroxyl groups is 1. The molecule has 66 valence electrons. The van der Waals surface area contributed by atoms with Crippen molar-refractivity contribution >= 4 is 12.6 Å². The molecule has 2 unspecified atom stereocenters. The van der Waals surface area contributed by atoms with Gasteiger partial charge in [-0.05, 0) is 14.0 Å². The van der Waals surface area contributed by atoms with Crippen LogP contribution in [0.15, 0.2) is 0 Å². The van der Waals surface area contributed by atoms with E-state index in [1.54, 1.807) is 0 Å². The molecular formula is C6H15N3OS. The number of β-amino-alcohol motifs (C(OH)–C–C–N with tert-alkyl or cyclic N) is 1. The molecule has 1 aliphatic rings. The zero-order valence-corrected chi connectivity index (χ0v) is 7.75. The van der Waals surface area contributed by atoms with Gasteiger partial charge in [-0.3, -0.25) is 4.90 Å². The van der Waals surface area contributed by atoms with Crippen LogP contribution in [-0.4, -0.2) is 46.9 Å². The first-order valence-electron chi connectivity index (χ1n) is 3.70. The summed E-state index contributed by atoms with van der Waals surface area (Å²) in [6, 6.07) is 0. The average molecular weight is 177 g/mol. The van der Waals surface area contributed by atoms with Crippen LogP contribution in [0.4, 0.5) is 0 Å². The second-order valence-electron chi connectivity index (χ2n) is 2.72. The Hall–Kier alpha value is 0.190. The molecule has 1 fully saturated rings. The van der Waals surface area contributed by atoms with E-state index in [0.717, 1.165) is 0 Å². The minimum atomic E-state index is 0.0662. The highest BCUT2D eigenvalue weighted by Crippen LogP contribution is 2.14. The second-order valence-corrected chi connectivity index (χ2v) is 3.21. The lowest BCUT2D eigenvalue weighted by atomic mass is 10.5. The van der Waals surface area contributed by atoms with Crippen molar-refractivity contribution in [3.8, 4) is 0 Å². The number of hydrogen-bond acceptors (Lipinski definition) is 5. The van der Waals surface area contributed by atoms with Crippen LogP contribution in [-0.2, 0) is 0 Å². The summed E-state index contributed by atoms with van der Waals surface area (Å²) in [6.07, 6.45) is 0.296. The molecule has 0 aliphatic carbocycles. The fourth-order valence-electron chi connectivity index (χ4n) is 1.13. The smallest absolute Gasteiger partial charge is 0.119 e. The predicted molar refractivity (Wildman–Crippen MR) is 46.9 cm³/mol. The van der Waals surface area contributed by atoms with E-state index in [1.807, 2.05) is 12.1 Å². The van der Waals surface area contributed by atoms with Gasteiger partial charge in [-0.2, -0.15) is 0 Å². The summed E-state index contributed by atoms with van der Waals surface area (Å²) in [5.74, 6) is 0. The fraction of sp³-hybridized carbons (Fsp3) is 1.00. The van der Waals surface area contributed by atoms with Crippen LogP contribution in [0.1, 0.15) is 6.92 Å². The summed E-state index contributed by atoms with van der Waals surface area (Å²) in [7, 11) is 1.99. The Morgan fingerprint density at radius 2 is 2.27 bits per heavy atom. The van der Waals surface area contributed by atoms with Crippen molar-refractivity contribution in [2.24, 2.45) is 0 Å². The van der Waals surface area contributed by atoms with Crippen molar-refractivity contribution in [2.45, 2.75) is 18.6 Å². The molecule has 1 aliphatic heterocycles. The SMILES string of the molecule is CC1N(CCO)NC(S)N1C. The number of hydrazine groups is 1. The fourth-order valence-corrected chi connectivity index (χ4v) is 1.47. The Labute approximate surface area is 72.5 Å². The zero-order chi connectivity index (χ0) is 8.43. The first kappa shape index (κ1) is 9.28. The van der Waals surface area contributed by atoms with E-state index in [9.17, 15) is 0 Å². The van der Waals surface area contributed by atoms with E-state index in [4.69, 9.17) is 5.11 Å². The van der Waals surface area contributed by atoms with Gasteiger partial charge in [0.1, 0.15) is 5.50 Å². The van der Waals surface area contributed by atoms with Gasteiger partial charge >= 0.3 is 0 Å². The highest BCUT2D eigenvalue weighted by molar-refractivity contribution is 7.80. The van der Waals surface area contributed by atoms with Crippen LogP contribution in [0.5, 0.6) is 0 Å². The van der Waals surface area contributed by atoms with E-state index < -0.39 is 0 Å². The molecule has 0 aromatic carbocycles. The van der Waals surface area contributed by atoms with E-state index in [0.29, 0.717) is 12.7 Å². The quantitative estimate of drug-likeness (QED) is 0.487. The third kappa shape index (κ3) is 1.86. The molecular weight excluding hydrogens is 162 g/mol. The van der Waals surface area contributed by atoms with E-state index >= 15 is 0 Å². The van der Waals surface area contributed by atoms with Crippen molar-refractivity contribution in [2.75, 3.05) is 20.2 Å². The summed E-state index contributed by atoms with van der Waals surface area (Å²) in [4.78, 5) is 2.08. The molecule has 1 heterocycles. The first-order chi connectivity index (χ1) is 5.16. The lowest BCUT2D eigenvalue weighted by Gasteiger charge is -2.21. The number of nitrogens with zero attached hydrogens (tertiary/aromatic N) is 2. The molecule has 0 radical (unpaired) electrons. The highest BCUT2D eigenvalue weighted by Gasteiger charge is 2.30. The maximum Gasteiger partial charge on any atom is 0.119 e. The van der Waals surface area contributed by atoms with Gasteiger partial charge < -0.3 is 5.11 Å². The van der Waals surface area contributed by atoms with Crippen LogP contribution >= 0.6 is 12.6 Å². The van der Waals surface area contributed by atoms with Gasteiger partial charge in [0.05, 0.1) is 12.8 Å². The van der Waals surface area contributed by atoms with Gasteiger partial charge in [0.2, 0.25) is 0 Å². The van der Waals surface area contributed by atoms with Gasteiger partial charge in [0.25, 0.3) is 0 Å². The van der Waals surface area contributed by atoms with E-state index in [2.05, 4.69) is 29.9 Å². The normalized spacial score (nSPS) is 34.9. The van der Waals surface area contributed by atoms with Crippen molar-refractivity contribution < 1.29 is 5.11 Å². The van der Waals surface area contributed by atoms with Crippen LogP contribution in [0.2, 0.25) is 0 Å². The monoisotopic (exact) mass is 177 g/mol. The minimum absolute atomic E-state index is 0.0662. The Morgan fingerprint density at radius 3 is 2.64 bits per heavy atom. The molecule has 0 spiro atoms. The Morgan fingerprint density at radius 1 is 1.64 bits per heavy atom. The number of nitrogens with one attached hydrogen (secondary N) is 1. The molecule has 2 N–H and O–H groups in total. The van der Waals surface area contributed by atoms with Crippen molar-refractivity contribution in [3.05, 3.63) is 0 Å². The Kier molecular flexibility index (Phi) is 3.15. The predicted octanol–water partition coefficient (Wildman–Crippen LogP) is -0.710. The molecule has 1 rings (SSSR count). The van der Waals surface area contributed by atoms with Crippen molar-refractivity contribution in [3.63, 3.8) is 0 Å². The summed E-state index contributed by atoms with van der Waals surface area (Å²) < 4.78 is 0. The lowest BCUT2D eigenvalue weighted by Crippen LogP contribution is -2.39. The van der Waals surface area contributed by atoms with Crippen LogP contribution in [0.3, 0.4) is 0 Å². The molecule has 0 bridgehead atoms. The zero-order valence-electron chi connectivity index (χ0n) is 6.86. The Balaban J connectivity index is 2.45. The third-order valence-corrected chi connectivity index (χ3v) is 2.53. The van der Waals surface area contributed by atoms with Crippen LogP contribution in [0, 0.1) is 0 Å². The van der Waals surface area contributed by atoms with Gasteiger partial charge in [-0.15, -0.1) is 12.6 Å². The maximum absolute atomic E-state index is 8.69. The molecule has 0 amide bonds. The molecule has 1 saturated heterocycles. The van der Waals surface area contributed by atoms with E-state index in [1.165, 1.54) is 0 Å². The number of aliphatic hydroxyl groups excluding tert-OH is 1. The number of hydrogen-bond donors (Lipinski definition) is 3. The molecule has 4 nitrogen and oxygen atoms in total. The maximum atomic E-state index is 8.69. The molecule has 0 aromatic heterocycles. The largest absolute Gasteiger partial charge is 0.395 e. The summed E-state index contributed by atoms with van der Waals surface area (Å²) in [6.45, 7) is 2.88. The number of rotatable bonds is 2. The van der Waals surface area contributed by atoms with Crippen molar-refractivity contribution in [1.29, 1.82) is 0 Å². The Bertz CT molecular complexity index is 135. The summed E-state index contributed by atoms with van der Waals surface area (Å²) in [5.41, 5.74) is 3.18. The van der Waals surface area contributed by atoms with Crippen LogP contribution < -0.4 is 5.43 Å². The molecule has 2 atom stereocenters. The van der Waals surface area contributed by atoms with Gasteiger partial charge in [0, 0.05) is 6.54 Å². The standard InChI is InChI=1S/C6H15N3OS/c1-5-8(2)6(11)7-9(5)3-4-10/h5-7,10-11H,3-4H2,1-2H3. The minimum Gasteiger partial charge on any atom is -0.395 e.